The Morgan fingerprint density at radius 3 is 1.75 bits per heavy atom. The highest BCUT2D eigenvalue weighted by atomic mass is 15.2. The lowest BCUT2D eigenvalue weighted by atomic mass is 9.91. The van der Waals surface area contributed by atoms with E-state index in [0.717, 1.165) is 60.6 Å². The van der Waals surface area contributed by atoms with Gasteiger partial charge in [-0.15, -0.1) is 0 Å². The van der Waals surface area contributed by atoms with Gasteiger partial charge in [-0.05, 0) is 71.1 Å². The number of rotatable bonds is 3. The molecule has 0 saturated carbocycles. The van der Waals surface area contributed by atoms with Crippen molar-refractivity contribution in [2.24, 2.45) is 0 Å². The molecule has 4 aromatic heterocycles. The molecule has 0 unspecified atom stereocenters. The highest BCUT2D eigenvalue weighted by Crippen LogP contribution is 2.52. The van der Waals surface area contributed by atoms with Gasteiger partial charge < -0.3 is 9.13 Å². The summed E-state index contributed by atoms with van der Waals surface area (Å²) in [6.45, 7) is 0. The number of fused-ring (bicyclic) bond motifs is 18. The molecule has 0 radical (unpaired) electrons. The van der Waals surface area contributed by atoms with Gasteiger partial charge >= 0.3 is 0 Å². The van der Waals surface area contributed by atoms with E-state index >= 15 is 0 Å². The predicted octanol–water partition coefficient (Wildman–Crippen LogP) is 15.4. The quantitative estimate of drug-likeness (QED) is 0.167. The number of hydrogen-bond acceptors (Lipinski definition) is 2. The van der Waals surface area contributed by atoms with E-state index in [-0.39, 0.29) is 0 Å². The summed E-state index contributed by atoms with van der Waals surface area (Å²) in [6.07, 6.45) is 0. The van der Waals surface area contributed by atoms with Gasteiger partial charge in [-0.25, -0.2) is 9.97 Å². The fourth-order valence-electron chi connectivity index (χ4n) is 11.3. The van der Waals surface area contributed by atoms with Crippen LogP contribution < -0.4 is 0 Å². The summed E-state index contributed by atoms with van der Waals surface area (Å²) in [5.74, 6) is 0.638. The third kappa shape index (κ3) is 4.65. The molecule has 65 heavy (non-hydrogen) atoms. The van der Waals surface area contributed by atoms with Crippen LogP contribution >= 0.6 is 0 Å². The van der Waals surface area contributed by atoms with Crippen LogP contribution in [-0.4, -0.2) is 23.7 Å². The van der Waals surface area contributed by atoms with Crippen molar-refractivity contribution >= 4 is 87.1 Å². The lowest BCUT2D eigenvalue weighted by Crippen LogP contribution is -2.04. The molecular weight excluding hydrogens is 791 g/mol. The normalized spacial score (nSPS) is 12.3. The van der Waals surface area contributed by atoms with Crippen molar-refractivity contribution in [1.82, 2.24) is 23.7 Å². The van der Waals surface area contributed by atoms with Crippen molar-refractivity contribution in [3.63, 3.8) is 0 Å². The Bertz CT molecular complexity index is 4360. The maximum atomic E-state index is 5.73. The second kappa shape index (κ2) is 12.9. The summed E-state index contributed by atoms with van der Waals surface area (Å²) in [5.41, 5.74) is 16.9. The van der Waals surface area contributed by atoms with Crippen LogP contribution in [-0.2, 0) is 0 Å². The molecule has 0 aliphatic carbocycles. The zero-order valence-corrected chi connectivity index (χ0v) is 34.9. The third-order valence-electron chi connectivity index (χ3n) is 14.0. The van der Waals surface area contributed by atoms with Gasteiger partial charge in [0.05, 0.1) is 50.0 Å². The van der Waals surface area contributed by atoms with Gasteiger partial charge in [0.15, 0.2) is 0 Å². The van der Waals surface area contributed by atoms with E-state index in [1.807, 2.05) is 0 Å². The zero-order valence-electron chi connectivity index (χ0n) is 34.9. The minimum absolute atomic E-state index is 0.638. The third-order valence-corrected chi connectivity index (χ3v) is 14.0. The Balaban J connectivity index is 1.10. The Labute approximate surface area is 372 Å². The lowest BCUT2D eigenvalue weighted by molar-refractivity contribution is 1.02. The molecule has 0 N–H and O–H groups in total. The number of para-hydroxylation sites is 5. The van der Waals surface area contributed by atoms with Gasteiger partial charge in [0.25, 0.3) is 0 Å². The highest BCUT2D eigenvalue weighted by molar-refractivity contribution is 6.28. The Morgan fingerprint density at radius 1 is 0.338 bits per heavy atom. The second-order valence-corrected chi connectivity index (χ2v) is 17.3. The molecule has 5 heterocycles. The summed E-state index contributed by atoms with van der Waals surface area (Å²) in [4.78, 5) is 11.4. The van der Waals surface area contributed by atoms with Crippen LogP contribution in [0.25, 0.3) is 138 Å². The number of benzene rings is 10. The molecule has 5 heteroatoms. The largest absolute Gasteiger partial charge is 0.309 e. The van der Waals surface area contributed by atoms with Crippen molar-refractivity contribution in [1.29, 1.82) is 0 Å². The Hall–Kier alpha value is -8.80. The summed E-state index contributed by atoms with van der Waals surface area (Å²) < 4.78 is 7.22. The van der Waals surface area contributed by atoms with E-state index in [4.69, 9.17) is 9.97 Å². The van der Waals surface area contributed by atoms with Crippen molar-refractivity contribution < 1.29 is 0 Å². The molecule has 15 rings (SSSR count). The first kappa shape index (κ1) is 34.7. The van der Waals surface area contributed by atoms with Crippen LogP contribution in [0.3, 0.4) is 0 Å². The molecule has 0 atom stereocenters. The van der Waals surface area contributed by atoms with E-state index in [0.29, 0.717) is 5.95 Å². The maximum Gasteiger partial charge on any atom is 0.235 e. The van der Waals surface area contributed by atoms with E-state index in [1.165, 1.54) is 71.4 Å². The molecule has 0 saturated heterocycles. The SMILES string of the molecule is c1ccc(-n2c3ccccc3c3ccc(-c4nc(-n5c6ccccc6c6c7c8c(cc65)c5ccccc5n8-c5ccccc5-c5ccccc5-7)nc5c4ccc4ccccc45)cc32)cc1. The van der Waals surface area contributed by atoms with Gasteiger partial charge in [-0.1, -0.05) is 158 Å². The van der Waals surface area contributed by atoms with E-state index < -0.39 is 0 Å². The maximum absolute atomic E-state index is 5.73. The number of hydrogen-bond donors (Lipinski definition) is 0. The summed E-state index contributed by atoms with van der Waals surface area (Å²) >= 11 is 0. The van der Waals surface area contributed by atoms with Crippen LogP contribution in [0.4, 0.5) is 0 Å². The lowest BCUT2D eigenvalue weighted by Gasteiger charge is -2.15. The van der Waals surface area contributed by atoms with Crippen molar-refractivity contribution in [3.05, 3.63) is 212 Å². The van der Waals surface area contributed by atoms with Crippen LogP contribution in [0.2, 0.25) is 0 Å². The Kier molecular flexibility index (Phi) is 6.89. The van der Waals surface area contributed by atoms with Crippen LogP contribution in [0.1, 0.15) is 0 Å². The predicted molar refractivity (Wildman–Crippen MR) is 270 cm³/mol. The zero-order chi connectivity index (χ0) is 42.3. The van der Waals surface area contributed by atoms with Gasteiger partial charge in [0, 0.05) is 65.5 Å². The smallest absolute Gasteiger partial charge is 0.235 e. The minimum Gasteiger partial charge on any atom is -0.309 e. The topological polar surface area (TPSA) is 40.6 Å². The van der Waals surface area contributed by atoms with Gasteiger partial charge in [0.2, 0.25) is 5.95 Å². The van der Waals surface area contributed by atoms with Crippen LogP contribution in [0.5, 0.6) is 0 Å². The molecule has 0 bridgehead atoms. The molecule has 10 aromatic carbocycles. The molecule has 5 nitrogen and oxygen atoms in total. The van der Waals surface area contributed by atoms with E-state index in [9.17, 15) is 0 Å². The molecule has 1 aliphatic heterocycles. The fraction of sp³-hybridized carbons (Fsp3) is 0. The first-order valence-corrected chi connectivity index (χ1v) is 22.3. The monoisotopic (exact) mass is 825 g/mol. The molecule has 0 amide bonds. The average molecular weight is 826 g/mol. The summed E-state index contributed by atoms with van der Waals surface area (Å²) in [7, 11) is 0. The standard InChI is InChI=1S/C60H35N5/c1-2-17-38(18-3-1)63-49-26-12-9-22-42(49)44-32-31-37(34-53(44)63)57-47-33-30-36-16-4-5-19-39(36)58(47)62-60(61-57)65-52-29-15-11-25-46(52)55-54(65)35-48-43-23-10-14-28-51(43)64-50-27-13-8-21-41(50)40-20-6-7-24-45(40)56(55)59(48)64/h1-35H. The molecule has 0 fully saturated rings. The molecule has 1 aliphatic rings. The van der Waals surface area contributed by atoms with Crippen molar-refractivity contribution in [3.8, 4) is 50.8 Å². The summed E-state index contributed by atoms with van der Waals surface area (Å²) in [6, 6.07) is 77.1. The minimum atomic E-state index is 0.638. The highest BCUT2D eigenvalue weighted by Gasteiger charge is 2.29. The molecule has 300 valence electrons. The summed E-state index contributed by atoms with van der Waals surface area (Å²) in [5, 5.41) is 10.4. The first-order valence-electron chi connectivity index (χ1n) is 22.3. The Morgan fingerprint density at radius 2 is 0.938 bits per heavy atom. The molecular formula is C60H35N5. The first-order chi connectivity index (χ1) is 32.3. The fourth-order valence-corrected chi connectivity index (χ4v) is 11.3. The van der Waals surface area contributed by atoms with Gasteiger partial charge in [-0.2, -0.15) is 0 Å². The average Bonchev–Trinajstić information content (AvgIpc) is 3.98. The van der Waals surface area contributed by atoms with E-state index in [2.05, 4.69) is 226 Å². The van der Waals surface area contributed by atoms with Gasteiger partial charge in [0.1, 0.15) is 0 Å². The van der Waals surface area contributed by atoms with Crippen molar-refractivity contribution in [2.75, 3.05) is 0 Å². The van der Waals surface area contributed by atoms with Crippen molar-refractivity contribution in [2.45, 2.75) is 0 Å². The number of nitrogens with zero attached hydrogens (tertiary/aromatic N) is 5. The van der Waals surface area contributed by atoms with Gasteiger partial charge in [-0.3, -0.25) is 4.57 Å². The van der Waals surface area contributed by atoms with E-state index in [1.54, 1.807) is 0 Å². The van der Waals surface area contributed by atoms with Crippen LogP contribution in [0, 0.1) is 0 Å². The molecule has 0 spiro atoms. The second-order valence-electron chi connectivity index (χ2n) is 17.3. The van der Waals surface area contributed by atoms with Crippen LogP contribution in [0.15, 0.2) is 212 Å². The molecule has 14 aromatic rings. The number of aromatic nitrogens is 5.